The molecule has 0 amide bonds. The maximum absolute atomic E-state index is 5.76. The Bertz CT molecular complexity index is 434. The third kappa shape index (κ3) is 8.89. The molecular formula is C17H31IN4O2. The molecule has 0 aromatic carbocycles. The van der Waals surface area contributed by atoms with Crippen molar-refractivity contribution in [3.05, 3.63) is 24.5 Å². The number of rotatable bonds is 9. The fraction of sp³-hybridized carbons (Fsp3) is 0.706. The molecule has 138 valence electrons. The molecule has 1 aromatic heterocycles. The molecule has 0 unspecified atom stereocenters. The van der Waals surface area contributed by atoms with Crippen LogP contribution in [0.4, 0.5) is 0 Å². The molecule has 0 radical (unpaired) electrons. The van der Waals surface area contributed by atoms with Crippen LogP contribution in [0.15, 0.2) is 29.5 Å². The predicted octanol–water partition coefficient (Wildman–Crippen LogP) is 2.10. The zero-order valence-electron chi connectivity index (χ0n) is 14.6. The van der Waals surface area contributed by atoms with Gasteiger partial charge in [-0.2, -0.15) is 0 Å². The average molecular weight is 450 g/mol. The lowest BCUT2D eigenvalue weighted by molar-refractivity contribution is 0.0203. The van der Waals surface area contributed by atoms with Crippen molar-refractivity contribution in [2.45, 2.75) is 25.8 Å². The Hall–Kier alpha value is -0.800. The number of aliphatic imine (C=N–C) groups is 1. The zero-order valence-corrected chi connectivity index (χ0v) is 16.9. The van der Waals surface area contributed by atoms with E-state index in [1.807, 2.05) is 12.1 Å². The summed E-state index contributed by atoms with van der Waals surface area (Å²) < 4.78 is 13.3. The molecule has 0 bridgehead atoms. The molecule has 2 heterocycles. The number of aromatic nitrogens is 1. The van der Waals surface area contributed by atoms with Gasteiger partial charge < -0.3 is 24.7 Å². The second-order valence-electron chi connectivity index (χ2n) is 5.83. The normalized spacial score (nSPS) is 15.8. The highest BCUT2D eigenvalue weighted by atomic mass is 127. The molecule has 0 spiro atoms. The van der Waals surface area contributed by atoms with Gasteiger partial charge in [-0.3, -0.25) is 4.99 Å². The van der Waals surface area contributed by atoms with Crippen LogP contribution in [0.2, 0.25) is 0 Å². The van der Waals surface area contributed by atoms with E-state index in [2.05, 4.69) is 32.6 Å². The van der Waals surface area contributed by atoms with Crippen molar-refractivity contribution in [1.82, 2.24) is 15.2 Å². The van der Waals surface area contributed by atoms with Gasteiger partial charge in [0.1, 0.15) is 0 Å². The van der Waals surface area contributed by atoms with E-state index < -0.39 is 0 Å². The lowest BCUT2D eigenvalue weighted by atomic mass is 10.0. The van der Waals surface area contributed by atoms with E-state index >= 15 is 0 Å². The molecule has 6 nitrogen and oxygen atoms in total. The van der Waals surface area contributed by atoms with Gasteiger partial charge in [-0.15, -0.1) is 24.0 Å². The maximum Gasteiger partial charge on any atom is 0.191 e. The van der Waals surface area contributed by atoms with Crippen LogP contribution in [0.3, 0.4) is 0 Å². The van der Waals surface area contributed by atoms with Gasteiger partial charge in [-0.05, 0) is 37.3 Å². The van der Waals surface area contributed by atoms with Crippen molar-refractivity contribution in [1.29, 1.82) is 0 Å². The average Bonchev–Trinajstić information content (AvgIpc) is 3.10. The van der Waals surface area contributed by atoms with Crippen LogP contribution in [0.5, 0.6) is 0 Å². The van der Waals surface area contributed by atoms with Gasteiger partial charge in [0.25, 0.3) is 0 Å². The maximum atomic E-state index is 5.76. The summed E-state index contributed by atoms with van der Waals surface area (Å²) in [7, 11) is 1.80. The second-order valence-corrected chi connectivity index (χ2v) is 5.83. The van der Waals surface area contributed by atoms with E-state index in [0.29, 0.717) is 5.92 Å². The van der Waals surface area contributed by atoms with Crippen molar-refractivity contribution in [3.8, 4) is 0 Å². The van der Waals surface area contributed by atoms with Crippen molar-refractivity contribution >= 4 is 29.9 Å². The molecule has 0 saturated carbocycles. The minimum Gasteiger partial charge on any atom is -0.381 e. The third-order valence-corrected chi connectivity index (χ3v) is 4.00. The number of guanidine groups is 1. The van der Waals surface area contributed by atoms with E-state index in [1.165, 1.54) is 0 Å². The molecule has 2 N–H and O–H groups in total. The van der Waals surface area contributed by atoms with Crippen molar-refractivity contribution in [2.24, 2.45) is 10.9 Å². The predicted molar refractivity (Wildman–Crippen MR) is 108 cm³/mol. The van der Waals surface area contributed by atoms with Gasteiger partial charge >= 0.3 is 0 Å². The Morgan fingerprint density at radius 2 is 1.92 bits per heavy atom. The van der Waals surface area contributed by atoms with Crippen LogP contribution in [-0.2, 0) is 16.0 Å². The fourth-order valence-corrected chi connectivity index (χ4v) is 2.59. The topological polar surface area (TPSA) is 59.8 Å². The highest BCUT2D eigenvalue weighted by Crippen LogP contribution is 2.14. The molecule has 1 aromatic rings. The Morgan fingerprint density at radius 1 is 1.21 bits per heavy atom. The molecular weight excluding hydrogens is 419 g/mol. The largest absolute Gasteiger partial charge is 0.381 e. The molecule has 7 heteroatoms. The van der Waals surface area contributed by atoms with E-state index in [1.54, 1.807) is 7.05 Å². The first-order valence-electron chi connectivity index (χ1n) is 8.59. The van der Waals surface area contributed by atoms with Crippen LogP contribution >= 0.6 is 24.0 Å². The zero-order chi connectivity index (χ0) is 16.2. The van der Waals surface area contributed by atoms with E-state index in [-0.39, 0.29) is 24.0 Å². The summed E-state index contributed by atoms with van der Waals surface area (Å²) in [5.74, 6) is 1.53. The van der Waals surface area contributed by atoms with Crippen LogP contribution in [0.1, 0.15) is 19.3 Å². The Labute approximate surface area is 162 Å². The van der Waals surface area contributed by atoms with Gasteiger partial charge in [0.15, 0.2) is 5.96 Å². The van der Waals surface area contributed by atoms with Crippen molar-refractivity contribution in [2.75, 3.05) is 46.6 Å². The standard InChI is InChI=1S/C17H30N4O2.HI/c1-18-17(20-8-11-21-9-2-3-10-21)19-7-4-12-23-15-16-5-13-22-14-6-16;/h2-3,9-10,16H,4-8,11-15H2,1H3,(H2,18,19,20);1H. The van der Waals surface area contributed by atoms with Crippen LogP contribution in [-0.4, -0.2) is 57.1 Å². The van der Waals surface area contributed by atoms with E-state index in [9.17, 15) is 0 Å². The Kier molecular flexibility index (Phi) is 11.9. The smallest absolute Gasteiger partial charge is 0.191 e. The third-order valence-electron chi connectivity index (χ3n) is 4.00. The summed E-state index contributed by atoms with van der Waals surface area (Å²) in [4.78, 5) is 4.23. The summed E-state index contributed by atoms with van der Waals surface area (Å²) >= 11 is 0. The molecule has 1 saturated heterocycles. The van der Waals surface area contributed by atoms with E-state index in [0.717, 1.165) is 71.3 Å². The summed E-state index contributed by atoms with van der Waals surface area (Å²) in [6, 6.07) is 4.07. The first-order chi connectivity index (χ1) is 11.4. The molecule has 1 aliphatic heterocycles. The number of halogens is 1. The van der Waals surface area contributed by atoms with Crippen LogP contribution in [0.25, 0.3) is 0 Å². The minimum absolute atomic E-state index is 0. The van der Waals surface area contributed by atoms with Gasteiger partial charge in [-0.25, -0.2) is 0 Å². The first kappa shape index (κ1) is 21.2. The molecule has 0 atom stereocenters. The number of hydrogen-bond acceptors (Lipinski definition) is 3. The Balaban J connectivity index is 0.00000288. The number of hydrogen-bond donors (Lipinski definition) is 2. The lowest BCUT2D eigenvalue weighted by Gasteiger charge is -2.21. The summed E-state index contributed by atoms with van der Waals surface area (Å²) in [6.45, 7) is 6.10. The quantitative estimate of drug-likeness (QED) is 0.262. The number of ether oxygens (including phenoxy) is 2. The fourth-order valence-electron chi connectivity index (χ4n) is 2.59. The molecule has 0 aliphatic carbocycles. The lowest BCUT2D eigenvalue weighted by Crippen LogP contribution is -2.39. The summed E-state index contributed by atoms with van der Waals surface area (Å²) in [5, 5.41) is 6.63. The molecule has 24 heavy (non-hydrogen) atoms. The second kappa shape index (κ2) is 13.5. The number of nitrogens with zero attached hydrogens (tertiary/aromatic N) is 2. The van der Waals surface area contributed by atoms with Crippen molar-refractivity contribution < 1.29 is 9.47 Å². The van der Waals surface area contributed by atoms with E-state index in [4.69, 9.17) is 9.47 Å². The van der Waals surface area contributed by atoms with Gasteiger partial charge in [0, 0.05) is 65.5 Å². The Morgan fingerprint density at radius 3 is 2.62 bits per heavy atom. The molecule has 1 fully saturated rings. The first-order valence-corrected chi connectivity index (χ1v) is 8.59. The molecule has 1 aliphatic rings. The van der Waals surface area contributed by atoms with Gasteiger partial charge in [0.2, 0.25) is 0 Å². The van der Waals surface area contributed by atoms with Crippen LogP contribution in [0, 0.1) is 5.92 Å². The number of nitrogens with one attached hydrogen (secondary N) is 2. The SMILES string of the molecule is CN=C(NCCCOCC1CCOCC1)NCCn1cccc1.I. The minimum atomic E-state index is 0. The van der Waals surface area contributed by atoms with Crippen LogP contribution < -0.4 is 10.6 Å². The molecule has 2 rings (SSSR count). The monoisotopic (exact) mass is 450 g/mol. The summed E-state index contributed by atoms with van der Waals surface area (Å²) in [6.07, 6.45) is 7.38. The van der Waals surface area contributed by atoms with Gasteiger partial charge in [-0.1, -0.05) is 0 Å². The highest BCUT2D eigenvalue weighted by Gasteiger charge is 2.13. The van der Waals surface area contributed by atoms with Gasteiger partial charge in [0.05, 0.1) is 0 Å². The highest BCUT2D eigenvalue weighted by molar-refractivity contribution is 14.0. The van der Waals surface area contributed by atoms with Crippen molar-refractivity contribution in [3.63, 3.8) is 0 Å². The summed E-state index contributed by atoms with van der Waals surface area (Å²) in [5.41, 5.74) is 0.